The number of benzene rings is 1. The van der Waals surface area contributed by atoms with Gasteiger partial charge in [-0.3, -0.25) is 4.79 Å². The number of rotatable bonds is 3. The molecule has 0 aliphatic heterocycles. The van der Waals surface area contributed by atoms with E-state index in [0.717, 1.165) is 5.56 Å². The van der Waals surface area contributed by atoms with Gasteiger partial charge >= 0.3 is 0 Å². The summed E-state index contributed by atoms with van der Waals surface area (Å²) in [6, 6.07) is 8.89. The Morgan fingerprint density at radius 1 is 1.33 bits per heavy atom. The molecule has 0 atom stereocenters. The molecule has 2 aromatic rings. The predicted molar refractivity (Wildman–Crippen MR) is 76.4 cm³/mol. The van der Waals surface area contributed by atoms with E-state index in [1.54, 1.807) is 12.1 Å². The zero-order valence-corrected chi connectivity index (χ0v) is 11.6. The molecule has 0 aliphatic carbocycles. The monoisotopic (exact) mass is 300 g/mol. The molecule has 0 bridgehead atoms. The van der Waals surface area contributed by atoms with Crippen LogP contribution in [-0.4, -0.2) is 5.91 Å². The quantitative estimate of drug-likeness (QED) is 0.852. The van der Waals surface area contributed by atoms with Gasteiger partial charge in [0, 0.05) is 12.2 Å². The van der Waals surface area contributed by atoms with Crippen molar-refractivity contribution in [2.45, 2.75) is 6.54 Å². The number of hydrogen-bond acceptors (Lipinski definition) is 3. The fourth-order valence-electron chi connectivity index (χ4n) is 1.48. The van der Waals surface area contributed by atoms with E-state index >= 15 is 0 Å². The van der Waals surface area contributed by atoms with Crippen LogP contribution in [0.4, 0.5) is 5.69 Å². The van der Waals surface area contributed by atoms with Gasteiger partial charge in [-0.1, -0.05) is 35.3 Å². The lowest BCUT2D eigenvalue weighted by atomic mass is 10.2. The number of carbonyl (C=O) groups is 1. The van der Waals surface area contributed by atoms with Gasteiger partial charge in [0.25, 0.3) is 5.91 Å². The van der Waals surface area contributed by atoms with Crippen molar-refractivity contribution in [2.75, 3.05) is 5.73 Å². The molecule has 1 aromatic carbocycles. The first kappa shape index (κ1) is 13.2. The normalized spacial score (nSPS) is 10.3. The zero-order valence-electron chi connectivity index (χ0n) is 9.24. The van der Waals surface area contributed by atoms with Gasteiger partial charge in [-0.2, -0.15) is 0 Å². The molecule has 94 valence electrons. The van der Waals surface area contributed by atoms with E-state index < -0.39 is 0 Å². The van der Waals surface area contributed by atoms with Gasteiger partial charge in [-0.05, 0) is 23.8 Å². The fourth-order valence-corrected chi connectivity index (χ4v) is 2.93. The molecule has 0 spiro atoms. The van der Waals surface area contributed by atoms with E-state index in [2.05, 4.69) is 5.32 Å². The van der Waals surface area contributed by atoms with Crippen LogP contribution in [0.5, 0.6) is 0 Å². The Hall–Kier alpha value is -1.23. The number of carbonyl (C=O) groups excluding carboxylic acids is 1. The third kappa shape index (κ3) is 3.16. The van der Waals surface area contributed by atoms with Crippen molar-refractivity contribution in [1.29, 1.82) is 0 Å². The van der Waals surface area contributed by atoms with Gasteiger partial charge in [0.2, 0.25) is 0 Å². The maximum absolute atomic E-state index is 11.9. The van der Waals surface area contributed by atoms with Crippen molar-refractivity contribution in [3.05, 3.63) is 50.1 Å². The molecule has 1 heterocycles. The number of halogens is 2. The van der Waals surface area contributed by atoms with Crippen LogP contribution in [0, 0.1) is 0 Å². The third-order valence-electron chi connectivity index (χ3n) is 2.31. The van der Waals surface area contributed by atoms with Crippen LogP contribution < -0.4 is 11.1 Å². The molecule has 1 amide bonds. The van der Waals surface area contributed by atoms with Gasteiger partial charge in [0.05, 0.1) is 9.90 Å². The lowest BCUT2D eigenvalue weighted by Gasteiger charge is -2.05. The minimum absolute atomic E-state index is 0.245. The summed E-state index contributed by atoms with van der Waals surface area (Å²) in [6.45, 7) is 0.396. The Kier molecular flexibility index (Phi) is 4.11. The topological polar surface area (TPSA) is 55.1 Å². The highest BCUT2D eigenvalue weighted by Crippen LogP contribution is 2.30. The summed E-state index contributed by atoms with van der Waals surface area (Å²) in [5.41, 5.74) is 7.65. The minimum atomic E-state index is -0.245. The van der Waals surface area contributed by atoms with E-state index in [-0.39, 0.29) is 5.91 Å². The van der Waals surface area contributed by atoms with Crippen LogP contribution in [0.3, 0.4) is 0 Å². The predicted octanol–water partition coefficient (Wildman–Crippen LogP) is 3.57. The second kappa shape index (κ2) is 5.61. The molecule has 0 unspecified atom stereocenters. The highest BCUT2D eigenvalue weighted by atomic mass is 35.5. The van der Waals surface area contributed by atoms with Crippen LogP contribution in [0.1, 0.15) is 15.9 Å². The van der Waals surface area contributed by atoms with Crippen molar-refractivity contribution >= 4 is 46.1 Å². The summed E-state index contributed by atoms with van der Waals surface area (Å²) in [4.78, 5) is 11.9. The van der Waals surface area contributed by atoms with E-state index in [4.69, 9.17) is 28.9 Å². The summed E-state index contributed by atoms with van der Waals surface area (Å²) in [5, 5.41) is 2.77. The maximum Gasteiger partial charge on any atom is 0.253 e. The molecule has 0 saturated carbocycles. The Labute approximate surface area is 119 Å². The van der Waals surface area contributed by atoms with Crippen molar-refractivity contribution in [1.82, 2.24) is 5.32 Å². The molecule has 0 aliphatic rings. The van der Waals surface area contributed by atoms with Crippen LogP contribution in [-0.2, 0) is 6.54 Å². The van der Waals surface area contributed by atoms with Crippen LogP contribution in [0.25, 0.3) is 0 Å². The summed E-state index contributed by atoms with van der Waals surface area (Å²) in [7, 11) is 0. The molecule has 0 saturated heterocycles. The lowest BCUT2D eigenvalue weighted by molar-refractivity contribution is 0.0951. The number of nitrogens with two attached hydrogens (primary N) is 1. The summed E-state index contributed by atoms with van der Waals surface area (Å²) in [5.74, 6) is -0.245. The van der Waals surface area contributed by atoms with Crippen LogP contribution in [0.2, 0.25) is 8.67 Å². The van der Waals surface area contributed by atoms with Crippen LogP contribution in [0.15, 0.2) is 30.3 Å². The second-order valence-corrected chi connectivity index (χ2v) is 5.95. The minimum Gasteiger partial charge on any atom is -0.399 e. The first-order chi connectivity index (χ1) is 8.56. The van der Waals surface area contributed by atoms with Gasteiger partial charge in [-0.25, -0.2) is 0 Å². The summed E-state index contributed by atoms with van der Waals surface area (Å²) < 4.78 is 0.888. The smallest absolute Gasteiger partial charge is 0.253 e. The van der Waals surface area contributed by atoms with Crippen molar-refractivity contribution in [3.8, 4) is 0 Å². The molecule has 0 fully saturated rings. The second-order valence-electron chi connectivity index (χ2n) is 3.67. The molecule has 1 aromatic heterocycles. The Morgan fingerprint density at radius 2 is 2.11 bits per heavy atom. The number of nitrogen functional groups attached to an aromatic ring is 1. The largest absolute Gasteiger partial charge is 0.399 e. The highest BCUT2D eigenvalue weighted by molar-refractivity contribution is 7.20. The third-order valence-corrected chi connectivity index (χ3v) is 3.79. The summed E-state index contributed by atoms with van der Waals surface area (Å²) >= 11 is 12.9. The molecule has 0 radical (unpaired) electrons. The van der Waals surface area contributed by atoms with E-state index in [1.807, 2.05) is 18.2 Å². The Morgan fingerprint density at radius 3 is 2.72 bits per heavy atom. The SMILES string of the molecule is Nc1cccc(CNC(=O)c2cc(Cl)sc2Cl)c1. The molecule has 2 rings (SSSR count). The maximum atomic E-state index is 11.9. The van der Waals surface area contributed by atoms with Crippen molar-refractivity contribution in [2.24, 2.45) is 0 Å². The Bertz CT molecular complexity index is 583. The summed E-state index contributed by atoms with van der Waals surface area (Å²) in [6.07, 6.45) is 0. The molecule has 3 nitrogen and oxygen atoms in total. The molecular weight excluding hydrogens is 291 g/mol. The van der Waals surface area contributed by atoms with Gasteiger partial charge in [0.15, 0.2) is 0 Å². The first-order valence-electron chi connectivity index (χ1n) is 5.13. The number of thiophene rings is 1. The number of anilines is 1. The van der Waals surface area contributed by atoms with Crippen LogP contribution >= 0.6 is 34.5 Å². The van der Waals surface area contributed by atoms with E-state index in [0.29, 0.717) is 26.5 Å². The van der Waals surface area contributed by atoms with E-state index in [1.165, 1.54) is 11.3 Å². The molecular formula is C12H10Cl2N2OS. The molecule has 18 heavy (non-hydrogen) atoms. The van der Waals surface area contributed by atoms with Crippen molar-refractivity contribution < 1.29 is 4.79 Å². The number of amides is 1. The number of hydrogen-bond donors (Lipinski definition) is 2. The Balaban J connectivity index is 2.03. The zero-order chi connectivity index (χ0) is 13.1. The van der Waals surface area contributed by atoms with Gasteiger partial charge < -0.3 is 11.1 Å². The average Bonchev–Trinajstić information content (AvgIpc) is 2.66. The standard InChI is InChI=1S/C12H10Cl2N2OS/c13-10-5-9(11(14)18-10)12(17)16-6-7-2-1-3-8(15)4-7/h1-5H,6,15H2,(H,16,17). The van der Waals surface area contributed by atoms with E-state index in [9.17, 15) is 4.79 Å². The highest BCUT2D eigenvalue weighted by Gasteiger charge is 2.13. The van der Waals surface area contributed by atoms with Gasteiger partial charge in [0.1, 0.15) is 4.34 Å². The fraction of sp³-hybridized carbons (Fsp3) is 0.0833. The average molecular weight is 301 g/mol. The molecule has 3 N–H and O–H groups in total. The number of nitrogens with one attached hydrogen (secondary N) is 1. The molecule has 6 heteroatoms. The van der Waals surface area contributed by atoms with Gasteiger partial charge in [-0.15, -0.1) is 11.3 Å². The van der Waals surface area contributed by atoms with Crippen molar-refractivity contribution in [3.63, 3.8) is 0 Å². The lowest BCUT2D eigenvalue weighted by Crippen LogP contribution is -2.22. The first-order valence-corrected chi connectivity index (χ1v) is 6.71.